The summed E-state index contributed by atoms with van der Waals surface area (Å²) in [4.78, 5) is 32.3. The summed E-state index contributed by atoms with van der Waals surface area (Å²) < 4.78 is -1.04. The average molecular weight is 382 g/mol. The SMILES string of the molecule is CCCCCCC(Br)(Br)C(=C=O)C(=C=O)C(=O)O. The monoisotopic (exact) mass is 380 g/mol. The quantitative estimate of drug-likeness (QED) is 0.230. The number of carbonyl (C=O) groups is 1. The van der Waals surface area contributed by atoms with Crippen LogP contribution in [0, 0.1) is 0 Å². The summed E-state index contributed by atoms with van der Waals surface area (Å²) in [5.41, 5.74) is -0.962. The van der Waals surface area contributed by atoms with E-state index in [1.54, 1.807) is 0 Å². The molecule has 0 rings (SSSR count). The molecule has 0 spiro atoms. The Kier molecular flexibility index (Phi) is 8.12. The highest BCUT2D eigenvalue weighted by Gasteiger charge is 2.35. The van der Waals surface area contributed by atoms with Gasteiger partial charge < -0.3 is 5.11 Å². The standard InChI is InChI=1S/C12H14Br2O4/c1-2-3-4-5-6-12(13,14)10(8-16)9(7-15)11(17)18/h2-6H2,1H3,(H,17,18). The topological polar surface area (TPSA) is 71.4 Å². The fraction of sp³-hybridized carbons (Fsp3) is 0.583. The van der Waals surface area contributed by atoms with Crippen LogP contribution in [0.1, 0.15) is 39.0 Å². The van der Waals surface area contributed by atoms with Crippen molar-refractivity contribution in [2.75, 3.05) is 0 Å². The lowest BCUT2D eigenvalue weighted by Gasteiger charge is -2.20. The summed E-state index contributed by atoms with van der Waals surface area (Å²) >= 11 is 6.45. The van der Waals surface area contributed by atoms with Gasteiger partial charge in [0.15, 0.2) is 5.57 Å². The third-order valence-electron chi connectivity index (χ3n) is 2.38. The molecular formula is C12H14Br2O4. The van der Waals surface area contributed by atoms with Crippen LogP contribution in [0.5, 0.6) is 0 Å². The summed E-state index contributed by atoms with van der Waals surface area (Å²) in [5, 5.41) is 8.81. The number of aliphatic carboxylic acids is 1. The summed E-state index contributed by atoms with van der Waals surface area (Å²) in [6, 6.07) is 0. The zero-order valence-corrected chi connectivity index (χ0v) is 13.1. The van der Waals surface area contributed by atoms with Gasteiger partial charge in [-0.2, -0.15) is 0 Å². The van der Waals surface area contributed by atoms with E-state index in [9.17, 15) is 14.4 Å². The van der Waals surface area contributed by atoms with Crippen molar-refractivity contribution in [3.05, 3.63) is 11.1 Å². The van der Waals surface area contributed by atoms with E-state index in [4.69, 9.17) is 5.11 Å². The Bertz CT molecular complexity index is 402. The van der Waals surface area contributed by atoms with Gasteiger partial charge in [0.1, 0.15) is 15.1 Å². The second-order valence-electron chi connectivity index (χ2n) is 3.77. The highest BCUT2D eigenvalue weighted by atomic mass is 79.9. The molecule has 4 nitrogen and oxygen atoms in total. The van der Waals surface area contributed by atoms with Crippen LogP contribution in [-0.2, 0) is 14.4 Å². The first kappa shape index (κ1) is 17.3. The van der Waals surface area contributed by atoms with Gasteiger partial charge in [-0.05, 0) is 6.42 Å². The molecule has 0 aliphatic heterocycles. The Morgan fingerprint density at radius 1 is 1.17 bits per heavy atom. The van der Waals surface area contributed by atoms with Crippen molar-refractivity contribution in [3.63, 3.8) is 0 Å². The zero-order valence-electron chi connectivity index (χ0n) is 9.96. The van der Waals surface area contributed by atoms with Gasteiger partial charge in [0, 0.05) is 0 Å². The summed E-state index contributed by atoms with van der Waals surface area (Å²) in [7, 11) is 0. The molecule has 0 aromatic heterocycles. The van der Waals surface area contributed by atoms with Crippen molar-refractivity contribution in [1.82, 2.24) is 0 Å². The van der Waals surface area contributed by atoms with Crippen molar-refractivity contribution in [1.29, 1.82) is 0 Å². The van der Waals surface area contributed by atoms with E-state index in [1.807, 2.05) is 0 Å². The van der Waals surface area contributed by atoms with Gasteiger partial charge in [-0.25, -0.2) is 14.4 Å². The molecule has 0 aliphatic carbocycles. The maximum atomic E-state index is 10.9. The van der Waals surface area contributed by atoms with Crippen LogP contribution in [0.25, 0.3) is 0 Å². The van der Waals surface area contributed by atoms with E-state index in [1.165, 1.54) is 11.9 Å². The van der Waals surface area contributed by atoms with Gasteiger partial charge in [0.05, 0.1) is 5.57 Å². The zero-order chi connectivity index (χ0) is 14.2. The molecule has 0 saturated carbocycles. The molecule has 100 valence electrons. The molecule has 0 fully saturated rings. The molecule has 0 aliphatic rings. The van der Waals surface area contributed by atoms with Gasteiger partial charge in [0.2, 0.25) is 0 Å². The number of hydrogen-bond acceptors (Lipinski definition) is 3. The minimum absolute atomic E-state index is 0.263. The van der Waals surface area contributed by atoms with Gasteiger partial charge in [-0.1, -0.05) is 64.5 Å². The lowest BCUT2D eigenvalue weighted by molar-refractivity contribution is -0.132. The second-order valence-corrected chi connectivity index (χ2v) is 7.55. The molecule has 0 aromatic rings. The van der Waals surface area contributed by atoms with Crippen LogP contribution in [0.4, 0.5) is 0 Å². The highest BCUT2D eigenvalue weighted by Crippen LogP contribution is 2.41. The minimum Gasteiger partial charge on any atom is -0.477 e. The lowest BCUT2D eigenvalue weighted by atomic mass is 10.0. The Labute approximate surface area is 122 Å². The minimum atomic E-state index is -1.49. The number of hydrogen-bond donors (Lipinski definition) is 1. The molecule has 0 amide bonds. The molecule has 0 bridgehead atoms. The number of carboxylic acid groups (broad SMARTS) is 1. The first-order valence-corrected chi connectivity index (χ1v) is 7.11. The summed E-state index contributed by atoms with van der Waals surface area (Å²) in [6.45, 7) is 2.07. The average Bonchev–Trinajstić information content (AvgIpc) is 2.30. The predicted molar refractivity (Wildman–Crippen MR) is 75.4 cm³/mol. The van der Waals surface area contributed by atoms with Crippen LogP contribution in [-0.4, -0.2) is 26.2 Å². The van der Waals surface area contributed by atoms with Gasteiger partial charge in [-0.15, -0.1) is 0 Å². The Morgan fingerprint density at radius 3 is 2.17 bits per heavy atom. The molecule has 0 atom stereocenters. The van der Waals surface area contributed by atoms with Crippen LogP contribution >= 0.6 is 31.9 Å². The van der Waals surface area contributed by atoms with Crippen LogP contribution in [0.2, 0.25) is 0 Å². The number of alkyl halides is 2. The number of rotatable bonds is 8. The molecule has 0 unspecified atom stereocenters. The van der Waals surface area contributed by atoms with E-state index in [0.29, 0.717) is 6.42 Å². The molecule has 6 heteroatoms. The molecular weight excluding hydrogens is 368 g/mol. The molecule has 18 heavy (non-hydrogen) atoms. The normalized spacial score (nSPS) is 10.4. The Balaban J connectivity index is 4.89. The number of carboxylic acids is 1. The van der Waals surface area contributed by atoms with Crippen molar-refractivity contribution >= 4 is 49.7 Å². The lowest BCUT2D eigenvalue weighted by Crippen LogP contribution is -2.21. The van der Waals surface area contributed by atoms with Crippen molar-refractivity contribution in [3.8, 4) is 0 Å². The van der Waals surface area contributed by atoms with E-state index in [2.05, 4.69) is 38.8 Å². The third kappa shape index (κ3) is 5.32. The van der Waals surface area contributed by atoms with E-state index >= 15 is 0 Å². The van der Waals surface area contributed by atoms with Crippen LogP contribution < -0.4 is 0 Å². The Morgan fingerprint density at radius 2 is 1.78 bits per heavy atom. The van der Waals surface area contributed by atoms with Crippen LogP contribution in [0.3, 0.4) is 0 Å². The van der Waals surface area contributed by atoms with Crippen LogP contribution in [0.15, 0.2) is 11.1 Å². The maximum Gasteiger partial charge on any atom is 0.348 e. The molecule has 0 aromatic carbocycles. The fourth-order valence-electron chi connectivity index (χ4n) is 1.41. The molecule has 1 N–H and O–H groups in total. The maximum absolute atomic E-state index is 10.9. The first-order valence-electron chi connectivity index (χ1n) is 5.52. The number of halogens is 2. The molecule has 0 radical (unpaired) electrons. The second kappa shape index (κ2) is 8.44. The smallest absolute Gasteiger partial charge is 0.348 e. The van der Waals surface area contributed by atoms with Gasteiger partial charge in [-0.3, -0.25) is 0 Å². The van der Waals surface area contributed by atoms with E-state index in [-0.39, 0.29) is 5.57 Å². The highest BCUT2D eigenvalue weighted by molar-refractivity contribution is 9.25. The molecule has 0 saturated heterocycles. The molecule has 0 heterocycles. The van der Waals surface area contributed by atoms with Gasteiger partial charge >= 0.3 is 5.97 Å². The third-order valence-corrected chi connectivity index (χ3v) is 3.96. The van der Waals surface area contributed by atoms with Crippen molar-refractivity contribution in [2.24, 2.45) is 0 Å². The first-order chi connectivity index (χ1) is 8.40. The Hall–Kier alpha value is -0.670. The number of unbranched alkanes of at least 4 members (excludes halogenated alkanes) is 3. The van der Waals surface area contributed by atoms with Crippen molar-refractivity contribution < 1.29 is 19.5 Å². The number of carbonyl (C=O) groups excluding carboxylic acids is 2. The van der Waals surface area contributed by atoms with E-state index in [0.717, 1.165) is 25.7 Å². The summed E-state index contributed by atoms with van der Waals surface area (Å²) in [5.74, 6) is 1.29. The fourth-order valence-corrected chi connectivity index (χ4v) is 2.53. The van der Waals surface area contributed by atoms with E-state index < -0.39 is 14.8 Å². The van der Waals surface area contributed by atoms with Crippen molar-refractivity contribution in [2.45, 2.75) is 42.3 Å². The summed E-state index contributed by atoms with van der Waals surface area (Å²) in [6.07, 6.45) is 4.38. The largest absolute Gasteiger partial charge is 0.477 e. The van der Waals surface area contributed by atoms with Gasteiger partial charge in [0.25, 0.3) is 0 Å². The predicted octanol–water partition coefficient (Wildman–Crippen LogP) is 3.04.